The van der Waals surface area contributed by atoms with E-state index < -0.39 is 0 Å². The molecule has 0 fully saturated rings. The Morgan fingerprint density at radius 2 is 2.20 bits per heavy atom. The van der Waals surface area contributed by atoms with Crippen LogP contribution in [0.1, 0.15) is 19.2 Å². The van der Waals surface area contributed by atoms with Gasteiger partial charge in [0.05, 0.1) is 16.4 Å². The van der Waals surface area contributed by atoms with Crippen LogP contribution in [-0.4, -0.2) is 9.55 Å². The van der Waals surface area contributed by atoms with E-state index >= 15 is 0 Å². The second kappa shape index (κ2) is 4.42. The first-order valence-electron chi connectivity index (χ1n) is 4.97. The van der Waals surface area contributed by atoms with E-state index in [-0.39, 0.29) is 0 Å². The van der Waals surface area contributed by atoms with E-state index in [0.717, 1.165) is 29.8 Å². The zero-order chi connectivity index (χ0) is 10.8. The van der Waals surface area contributed by atoms with Crippen molar-refractivity contribution in [2.75, 3.05) is 0 Å². The molecule has 0 unspecified atom stereocenters. The average molecular weight is 243 g/mol. The molecule has 0 radical (unpaired) electrons. The Labute approximate surface area is 98.8 Å². The first-order valence-corrected chi connectivity index (χ1v) is 5.88. The zero-order valence-electron chi connectivity index (χ0n) is 8.50. The van der Waals surface area contributed by atoms with Crippen LogP contribution in [0.4, 0.5) is 0 Å². The van der Waals surface area contributed by atoms with Crippen molar-refractivity contribution in [1.82, 2.24) is 9.55 Å². The van der Waals surface area contributed by atoms with Gasteiger partial charge in [0.2, 0.25) is 0 Å². The number of imidazole rings is 1. The van der Waals surface area contributed by atoms with E-state index in [1.54, 1.807) is 0 Å². The van der Waals surface area contributed by atoms with Gasteiger partial charge in [-0.05, 0) is 18.6 Å². The maximum Gasteiger partial charge on any atom is 0.124 e. The number of rotatable bonds is 3. The van der Waals surface area contributed by atoms with E-state index in [4.69, 9.17) is 23.2 Å². The van der Waals surface area contributed by atoms with Crippen molar-refractivity contribution in [3.8, 4) is 0 Å². The highest BCUT2D eigenvalue weighted by molar-refractivity contribution is 6.34. The maximum absolute atomic E-state index is 6.08. The normalized spacial score (nSPS) is 11.1. The molecule has 4 heteroatoms. The number of aryl methyl sites for hydroxylation is 1. The molecule has 2 aromatic rings. The van der Waals surface area contributed by atoms with Crippen LogP contribution in [-0.2, 0) is 12.4 Å². The molecule has 2 rings (SSSR count). The summed E-state index contributed by atoms with van der Waals surface area (Å²) in [5.41, 5.74) is 1.92. The summed E-state index contributed by atoms with van der Waals surface area (Å²) in [7, 11) is 0. The Kier molecular flexibility index (Phi) is 3.17. The van der Waals surface area contributed by atoms with Gasteiger partial charge in [0.15, 0.2) is 0 Å². The van der Waals surface area contributed by atoms with Gasteiger partial charge in [-0.15, -0.1) is 11.6 Å². The molecule has 2 nitrogen and oxygen atoms in total. The third-order valence-corrected chi connectivity index (χ3v) is 2.92. The van der Waals surface area contributed by atoms with E-state index in [9.17, 15) is 0 Å². The molecular formula is C11H12Cl2N2. The molecule has 0 spiro atoms. The fourth-order valence-corrected chi connectivity index (χ4v) is 2.15. The van der Waals surface area contributed by atoms with Crippen molar-refractivity contribution >= 4 is 34.2 Å². The number of benzene rings is 1. The number of para-hydroxylation sites is 1. The Hall–Kier alpha value is -0.730. The minimum atomic E-state index is 0.422. The van der Waals surface area contributed by atoms with Gasteiger partial charge >= 0.3 is 0 Å². The molecule has 0 aliphatic carbocycles. The molecular weight excluding hydrogens is 231 g/mol. The Morgan fingerprint density at radius 3 is 2.87 bits per heavy atom. The molecule has 1 aromatic carbocycles. The van der Waals surface area contributed by atoms with Gasteiger partial charge in [-0.1, -0.05) is 24.6 Å². The topological polar surface area (TPSA) is 17.8 Å². The SMILES string of the molecule is CCCn1c(CCl)nc2c(Cl)cccc21. The number of halogens is 2. The van der Waals surface area contributed by atoms with Crippen molar-refractivity contribution in [3.05, 3.63) is 29.0 Å². The quantitative estimate of drug-likeness (QED) is 0.749. The highest BCUT2D eigenvalue weighted by Crippen LogP contribution is 2.24. The summed E-state index contributed by atoms with van der Waals surface area (Å²) in [6.45, 7) is 3.06. The number of hydrogen-bond donors (Lipinski definition) is 0. The van der Waals surface area contributed by atoms with E-state index in [1.165, 1.54) is 0 Å². The largest absolute Gasteiger partial charge is 0.327 e. The monoisotopic (exact) mass is 242 g/mol. The minimum Gasteiger partial charge on any atom is -0.327 e. The average Bonchev–Trinajstić information content (AvgIpc) is 2.59. The Bertz CT molecular complexity index is 477. The molecule has 0 saturated heterocycles. The van der Waals surface area contributed by atoms with Crippen LogP contribution in [0, 0.1) is 0 Å². The van der Waals surface area contributed by atoms with Gasteiger partial charge in [-0.25, -0.2) is 4.98 Å². The highest BCUT2D eigenvalue weighted by atomic mass is 35.5. The Balaban J connectivity index is 2.68. The summed E-state index contributed by atoms with van der Waals surface area (Å²) < 4.78 is 2.13. The smallest absolute Gasteiger partial charge is 0.124 e. The van der Waals surface area contributed by atoms with Crippen LogP contribution < -0.4 is 0 Å². The standard InChI is InChI=1S/C11H12Cl2N2/c1-2-6-15-9-5-3-4-8(13)11(9)14-10(15)7-12/h3-5H,2,6-7H2,1H3. The maximum atomic E-state index is 6.08. The van der Waals surface area contributed by atoms with Crippen LogP contribution in [0.5, 0.6) is 0 Å². The van der Waals surface area contributed by atoms with Crippen LogP contribution in [0.15, 0.2) is 18.2 Å². The van der Waals surface area contributed by atoms with Crippen molar-refractivity contribution in [2.45, 2.75) is 25.8 Å². The predicted octanol–water partition coefficient (Wildman–Crippen LogP) is 3.84. The molecule has 0 N–H and O–H groups in total. The molecule has 0 atom stereocenters. The van der Waals surface area contributed by atoms with Crippen molar-refractivity contribution in [3.63, 3.8) is 0 Å². The number of alkyl halides is 1. The zero-order valence-corrected chi connectivity index (χ0v) is 10.0. The van der Waals surface area contributed by atoms with Gasteiger partial charge in [-0.2, -0.15) is 0 Å². The summed E-state index contributed by atoms with van der Waals surface area (Å²) in [6, 6.07) is 5.82. The molecule has 0 aliphatic heterocycles. The van der Waals surface area contributed by atoms with Crippen molar-refractivity contribution < 1.29 is 0 Å². The number of hydrogen-bond acceptors (Lipinski definition) is 1. The number of aromatic nitrogens is 2. The van der Waals surface area contributed by atoms with Gasteiger partial charge in [-0.3, -0.25) is 0 Å². The summed E-state index contributed by atoms with van der Waals surface area (Å²) in [5.74, 6) is 1.31. The highest BCUT2D eigenvalue weighted by Gasteiger charge is 2.10. The van der Waals surface area contributed by atoms with Gasteiger partial charge in [0, 0.05) is 6.54 Å². The van der Waals surface area contributed by atoms with E-state index in [1.807, 2.05) is 18.2 Å². The van der Waals surface area contributed by atoms with Gasteiger partial charge in [0.25, 0.3) is 0 Å². The summed E-state index contributed by atoms with van der Waals surface area (Å²) in [4.78, 5) is 4.45. The second-order valence-electron chi connectivity index (χ2n) is 3.42. The first-order chi connectivity index (χ1) is 7.27. The van der Waals surface area contributed by atoms with E-state index in [0.29, 0.717) is 10.9 Å². The van der Waals surface area contributed by atoms with Crippen molar-refractivity contribution in [1.29, 1.82) is 0 Å². The predicted molar refractivity (Wildman–Crippen MR) is 64.6 cm³/mol. The lowest BCUT2D eigenvalue weighted by molar-refractivity contribution is 0.672. The van der Waals surface area contributed by atoms with Gasteiger partial charge < -0.3 is 4.57 Å². The van der Waals surface area contributed by atoms with Crippen LogP contribution in [0.25, 0.3) is 11.0 Å². The minimum absolute atomic E-state index is 0.422. The summed E-state index contributed by atoms with van der Waals surface area (Å²) in [5, 5.41) is 0.689. The molecule has 1 aromatic heterocycles. The summed E-state index contributed by atoms with van der Waals surface area (Å²) in [6.07, 6.45) is 1.06. The third-order valence-electron chi connectivity index (χ3n) is 2.38. The third kappa shape index (κ3) is 1.84. The fraction of sp³-hybridized carbons (Fsp3) is 0.364. The summed E-state index contributed by atoms with van der Waals surface area (Å²) >= 11 is 11.9. The van der Waals surface area contributed by atoms with E-state index in [2.05, 4.69) is 16.5 Å². The Morgan fingerprint density at radius 1 is 1.40 bits per heavy atom. The molecule has 0 bridgehead atoms. The van der Waals surface area contributed by atoms with Crippen molar-refractivity contribution in [2.24, 2.45) is 0 Å². The van der Waals surface area contributed by atoms with Crippen LogP contribution in [0.2, 0.25) is 5.02 Å². The molecule has 80 valence electrons. The van der Waals surface area contributed by atoms with Crippen LogP contribution in [0.3, 0.4) is 0 Å². The lowest BCUT2D eigenvalue weighted by atomic mass is 10.3. The molecule has 1 heterocycles. The molecule has 0 aliphatic rings. The molecule has 15 heavy (non-hydrogen) atoms. The lowest BCUT2D eigenvalue weighted by Gasteiger charge is -2.04. The molecule has 0 saturated carbocycles. The second-order valence-corrected chi connectivity index (χ2v) is 4.10. The first kappa shape index (κ1) is 10.8. The fourth-order valence-electron chi connectivity index (χ4n) is 1.74. The van der Waals surface area contributed by atoms with Gasteiger partial charge in [0.1, 0.15) is 11.3 Å². The number of fused-ring (bicyclic) bond motifs is 1. The molecule has 0 amide bonds. The number of nitrogens with zero attached hydrogens (tertiary/aromatic N) is 2. The van der Waals surface area contributed by atoms with Crippen LogP contribution >= 0.6 is 23.2 Å². The lowest BCUT2D eigenvalue weighted by Crippen LogP contribution is -2.01.